The van der Waals surface area contributed by atoms with Crippen molar-refractivity contribution < 1.29 is 22.7 Å². The van der Waals surface area contributed by atoms with Crippen LogP contribution in [0.5, 0.6) is 11.5 Å². The highest BCUT2D eigenvalue weighted by atomic mass is 35.5. The molecule has 0 atom stereocenters. The molecule has 4 rings (SSSR count). The minimum absolute atomic E-state index is 0.102. The molecule has 0 aliphatic carbocycles. The Balaban J connectivity index is 1.61. The van der Waals surface area contributed by atoms with Gasteiger partial charge in [-0.2, -0.15) is 18.4 Å². The van der Waals surface area contributed by atoms with Crippen molar-refractivity contribution in [3.8, 4) is 17.6 Å². The van der Waals surface area contributed by atoms with Crippen molar-refractivity contribution in [1.29, 1.82) is 5.26 Å². The number of nitrogens with zero attached hydrogens (tertiary/aromatic N) is 5. The van der Waals surface area contributed by atoms with Crippen molar-refractivity contribution in [2.75, 3.05) is 5.32 Å². The van der Waals surface area contributed by atoms with Gasteiger partial charge in [-0.25, -0.2) is 4.68 Å². The van der Waals surface area contributed by atoms with Crippen LogP contribution < -0.4 is 10.1 Å². The molecule has 1 amide bonds. The van der Waals surface area contributed by atoms with Crippen LogP contribution in [0.25, 0.3) is 11.0 Å². The second kappa shape index (κ2) is 9.17. The predicted molar refractivity (Wildman–Crippen MR) is 117 cm³/mol. The normalized spacial score (nSPS) is 11.3. The highest BCUT2D eigenvalue weighted by Crippen LogP contribution is 2.37. The van der Waals surface area contributed by atoms with E-state index in [9.17, 15) is 18.0 Å². The zero-order valence-electron chi connectivity index (χ0n) is 16.8. The summed E-state index contributed by atoms with van der Waals surface area (Å²) in [6.07, 6.45) is -2.93. The van der Waals surface area contributed by atoms with Gasteiger partial charge in [-0.05, 0) is 36.4 Å². The molecule has 172 valence electrons. The second-order valence-electron chi connectivity index (χ2n) is 6.85. The van der Waals surface area contributed by atoms with Crippen LogP contribution in [0.1, 0.15) is 11.1 Å². The van der Waals surface area contributed by atoms with Gasteiger partial charge in [-0.3, -0.25) is 9.78 Å². The Hall–Kier alpha value is -3.88. The first-order chi connectivity index (χ1) is 16.2. The Morgan fingerprint density at radius 2 is 2.00 bits per heavy atom. The average molecular weight is 507 g/mol. The van der Waals surface area contributed by atoms with E-state index >= 15 is 0 Å². The molecule has 0 radical (unpaired) electrons. The molecule has 0 spiro atoms. The van der Waals surface area contributed by atoms with Gasteiger partial charge >= 0.3 is 6.18 Å². The van der Waals surface area contributed by atoms with Crippen molar-refractivity contribution in [3.05, 3.63) is 70.0 Å². The number of halogens is 5. The van der Waals surface area contributed by atoms with Crippen molar-refractivity contribution in [3.63, 3.8) is 0 Å². The molecule has 0 aliphatic heterocycles. The van der Waals surface area contributed by atoms with E-state index in [2.05, 4.69) is 20.6 Å². The van der Waals surface area contributed by atoms with Gasteiger partial charge < -0.3 is 10.1 Å². The SMILES string of the molecule is N#Cc1cc(Cl)cc(Oc2c(Cl)ccc3c2nnn3CC(=O)Nc2ccncc2C(F)(F)F)c1. The van der Waals surface area contributed by atoms with Gasteiger partial charge in [0.25, 0.3) is 0 Å². The van der Waals surface area contributed by atoms with Gasteiger partial charge in [0, 0.05) is 17.4 Å². The third kappa shape index (κ3) is 4.88. The molecule has 2 heterocycles. The fourth-order valence-corrected chi connectivity index (χ4v) is 3.48. The molecule has 34 heavy (non-hydrogen) atoms. The van der Waals surface area contributed by atoms with Gasteiger partial charge in [0.1, 0.15) is 12.3 Å². The van der Waals surface area contributed by atoms with Gasteiger partial charge in [0.2, 0.25) is 5.91 Å². The average Bonchev–Trinajstić information content (AvgIpc) is 3.17. The van der Waals surface area contributed by atoms with E-state index in [0.29, 0.717) is 11.7 Å². The van der Waals surface area contributed by atoms with Gasteiger partial charge in [-0.15, -0.1) is 5.10 Å². The smallest absolute Gasteiger partial charge is 0.419 e. The predicted octanol–water partition coefficient (Wildman–Crippen LogP) is 5.45. The Bertz CT molecular complexity index is 1450. The molecule has 2 aromatic heterocycles. The molecule has 0 aliphatic rings. The second-order valence-corrected chi connectivity index (χ2v) is 7.69. The molecule has 0 bridgehead atoms. The van der Waals surface area contributed by atoms with Crippen LogP contribution in [0.2, 0.25) is 10.0 Å². The fraction of sp³-hybridized carbons (Fsp3) is 0.0952. The minimum Gasteiger partial charge on any atom is -0.453 e. The zero-order chi connectivity index (χ0) is 24.5. The molecule has 0 saturated heterocycles. The van der Waals surface area contributed by atoms with E-state index < -0.39 is 29.9 Å². The lowest BCUT2D eigenvalue weighted by Crippen LogP contribution is -2.21. The largest absolute Gasteiger partial charge is 0.453 e. The number of nitrogens with one attached hydrogen (secondary N) is 1. The summed E-state index contributed by atoms with van der Waals surface area (Å²) >= 11 is 12.3. The first-order valence-corrected chi connectivity index (χ1v) is 10.1. The monoisotopic (exact) mass is 506 g/mol. The van der Waals surface area contributed by atoms with E-state index in [4.69, 9.17) is 33.2 Å². The first-order valence-electron chi connectivity index (χ1n) is 9.37. The van der Waals surface area contributed by atoms with Gasteiger partial charge in [-0.1, -0.05) is 28.4 Å². The maximum atomic E-state index is 13.1. The molecule has 2 aromatic carbocycles. The summed E-state index contributed by atoms with van der Waals surface area (Å²) < 4.78 is 46.4. The molecule has 8 nitrogen and oxygen atoms in total. The molecular weight excluding hydrogens is 496 g/mol. The van der Waals surface area contributed by atoms with Crippen molar-refractivity contribution >= 4 is 45.8 Å². The van der Waals surface area contributed by atoms with E-state index in [1.807, 2.05) is 6.07 Å². The van der Waals surface area contributed by atoms with Crippen LogP contribution >= 0.6 is 23.2 Å². The summed E-state index contributed by atoms with van der Waals surface area (Å²) in [7, 11) is 0. The lowest BCUT2D eigenvalue weighted by Gasteiger charge is -2.13. The summed E-state index contributed by atoms with van der Waals surface area (Å²) in [4.78, 5) is 15.9. The molecule has 4 aromatic rings. The van der Waals surface area contributed by atoms with Crippen LogP contribution in [-0.2, 0) is 17.5 Å². The number of fused-ring (bicyclic) bond motifs is 1. The lowest BCUT2D eigenvalue weighted by atomic mass is 10.2. The highest BCUT2D eigenvalue weighted by molar-refractivity contribution is 6.33. The van der Waals surface area contributed by atoms with Crippen LogP contribution in [-0.4, -0.2) is 25.9 Å². The summed E-state index contributed by atoms with van der Waals surface area (Å²) in [5.41, 5.74) is -0.715. The van der Waals surface area contributed by atoms with Crippen LogP contribution in [0, 0.1) is 11.3 Å². The van der Waals surface area contributed by atoms with Gasteiger partial charge in [0.15, 0.2) is 11.3 Å². The maximum absolute atomic E-state index is 13.1. The van der Waals surface area contributed by atoms with E-state index in [-0.39, 0.29) is 32.6 Å². The van der Waals surface area contributed by atoms with E-state index in [1.54, 1.807) is 0 Å². The topological polar surface area (TPSA) is 106 Å². The van der Waals surface area contributed by atoms with Crippen LogP contribution in [0.15, 0.2) is 48.8 Å². The number of nitriles is 1. The molecule has 1 N–H and O–H groups in total. The van der Waals surface area contributed by atoms with E-state index in [0.717, 1.165) is 12.3 Å². The number of amides is 1. The molecule has 13 heteroatoms. The third-order valence-electron chi connectivity index (χ3n) is 4.51. The van der Waals surface area contributed by atoms with Crippen LogP contribution in [0.4, 0.5) is 18.9 Å². The molecule has 0 unspecified atom stereocenters. The van der Waals surface area contributed by atoms with Gasteiger partial charge in [0.05, 0.1) is 33.4 Å². The quantitative estimate of drug-likeness (QED) is 0.385. The fourth-order valence-electron chi connectivity index (χ4n) is 3.06. The molecule has 0 fully saturated rings. The minimum atomic E-state index is -4.69. The summed E-state index contributed by atoms with van der Waals surface area (Å²) in [5, 5.41) is 19.7. The number of carbonyl (C=O) groups is 1. The zero-order valence-corrected chi connectivity index (χ0v) is 18.3. The summed E-state index contributed by atoms with van der Waals surface area (Å²) in [6.45, 7) is -0.438. The summed E-state index contributed by atoms with van der Waals surface area (Å²) in [5.74, 6) is -0.442. The number of hydrogen-bond donors (Lipinski definition) is 1. The Morgan fingerprint density at radius 3 is 2.74 bits per heavy atom. The number of pyridine rings is 1. The Morgan fingerprint density at radius 1 is 1.21 bits per heavy atom. The molecule has 0 saturated carbocycles. The maximum Gasteiger partial charge on any atom is 0.419 e. The summed E-state index contributed by atoms with van der Waals surface area (Å²) in [6, 6.07) is 10.4. The Labute approximate surface area is 199 Å². The lowest BCUT2D eigenvalue weighted by molar-refractivity contribution is -0.137. The highest BCUT2D eigenvalue weighted by Gasteiger charge is 2.34. The van der Waals surface area contributed by atoms with E-state index in [1.165, 1.54) is 35.0 Å². The standard InChI is InChI=1S/C21H11Cl2F3N6O2/c22-12-5-11(8-27)6-13(7-12)34-20-15(23)1-2-17-19(20)30-31-32(17)10-18(33)29-16-3-4-28-9-14(16)21(24,25)26/h1-7,9H,10H2,(H,28,29,33). The number of alkyl halides is 3. The number of ether oxygens (including phenoxy) is 1. The number of anilines is 1. The van der Waals surface area contributed by atoms with Crippen molar-refractivity contribution in [1.82, 2.24) is 20.0 Å². The third-order valence-corrected chi connectivity index (χ3v) is 5.02. The number of rotatable bonds is 5. The Kier molecular flexibility index (Phi) is 6.28. The number of aromatic nitrogens is 4. The van der Waals surface area contributed by atoms with Crippen LogP contribution in [0.3, 0.4) is 0 Å². The number of hydrogen-bond acceptors (Lipinski definition) is 6. The first kappa shape index (κ1) is 23.3. The van der Waals surface area contributed by atoms with Crippen molar-refractivity contribution in [2.24, 2.45) is 0 Å². The number of carbonyl (C=O) groups excluding carboxylic acids is 1. The molecular formula is C21H11Cl2F3N6O2. The van der Waals surface area contributed by atoms with Crippen molar-refractivity contribution in [2.45, 2.75) is 12.7 Å². The number of benzene rings is 2.